The minimum atomic E-state index is -0.245. The van der Waals surface area contributed by atoms with Crippen molar-refractivity contribution in [2.75, 3.05) is 25.0 Å². The van der Waals surface area contributed by atoms with Gasteiger partial charge >= 0.3 is 0 Å². The van der Waals surface area contributed by atoms with E-state index in [1.807, 2.05) is 12.1 Å². The number of hydrogen-bond acceptors (Lipinski definition) is 5. The van der Waals surface area contributed by atoms with Crippen LogP contribution in [0.25, 0.3) is 11.3 Å². The van der Waals surface area contributed by atoms with E-state index in [0.29, 0.717) is 6.04 Å². The van der Waals surface area contributed by atoms with Gasteiger partial charge in [0.1, 0.15) is 5.82 Å². The molecule has 7 heteroatoms. The van der Waals surface area contributed by atoms with Gasteiger partial charge in [-0.25, -0.2) is 4.39 Å². The number of aryl methyl sites for hydroxylation is 2. The first-order chi connectivity index (χ1) is 14.1. The largest absolute Gasteiger partial charge is 0.352 e. The summed E-state index contributed by atoms with van der Waals surface area (Å²) < 4.78 is 15.1. The number of likely N-dealkylation sites (N-methyl/N-ethyl adjacent to an activating group) is 1. The lowest BCUT2D eigenvalue weighted by Gasteiger charge is -2.44. The van der Waals surface area contributed by atoms with E-state index in [0.717, 1.165) is 43.1 Å². The highest BCUT2D eigenvalue weighted by Gasteiger charge is 2.32. The van der Waals surface area contributed by atoms with Gasteiger partial charge in [0.15, 0.2) is 5.82 Å². The molecule has 6 nitrogen and oxygen atoms in total. The Balaban J connectivity index is 1.20. The number of benzene rings is 1. The molecule has 5 rings (SSSR count). The van der Waals surface area contributed by atoms with Crippen molar-refractivity contribution in [3.63, 3.8) is 0 Å². The normalized spacial score (nSPS) is 16.3. The Hall–Kier alpha value is -2.80. The molecular weight excluding hydrogens is 367 g/mol. The van der Waals surface area contributed by atoms with E-state index >= 15 is 0 Å². The summed E-state index contributed by atoms with van der Waals surface area (Å²) in [5, 5.41) is 13.4. The van der Waals surface area contributed by atoms with Gasteiger partial charge < -0.3 is 4.90 Å². The fraction of sp³-hybridized carbons (Fsp3) is 0.409. The first-order valence-electron chi connectivity index (χ1n) is 10.2. The van der Waals surface area contributed by atoms with Crippen LogP contribution in [0.3, 0.4) is 0 Å². The van der Waals surface area contributed by atoms with Crippen LogP contribution in [-0.4, -0.2) is 51.1 Å². The third kappa shape index (κ3) is 3.40. The molecule has 0 bridgehead atoms. The van der Waals surface area contributed by atoms with Crippen LogP contribution in [-0.2, 0) is 26.4 Å². The Labute approximate surface area is 170 Å². The summed E-state index contributed by atoms with van der Waals surface area (Å²) in [6.07, 6.45) is 3.52. The molecule has 1 fully saturated rings. The van der Waals surface area contributed by atoms with E-state index in [1.165, 1.54) is 41.9 Å². The van der Waals surface area contributed by atoms with E-state index in [2.05, 4.69) is 43.9 Å². The van der Waals surface area contributed by atoms with Gasteiger partial charge in [-0.05, 0) is 68.3 Å². The number of hydrogen-bond donors (Lipinski definition) is 0. The fourth-order valence-electron chi connectivity index (χ4n) is 4.34. The van der Waals surface area contributed by atoms with Crippen molar-refractivity contribution >= 4 is 5.82 Å². The first-order valence-corrected chi connectivity index (χ1v) is 10.2. The molecule has 0 atom stereocenters. The molecule has 0 radical (unpaired) electrons. The van der Waals surface area contributed by atoms with Gasteiger partial charge in [-0.15, -0.1) is 10.2 Å². The Morgan fingerprint density at radius 1 is 1.07 bits per heavy atom. The molecule has 0 unspecified atom stereocenters. The highest BCUT2D eigenvalue weighted by Crippen LogP contribution is 2.28. The Kier molecular flexibility index (Phi) is 4.54. The zero-order valence-corrected chi connectivity index (χ0v) is 16.8. The molecule has 0 spiro atoms. The quantitative estimate of drug-likeness (QED) is 0.668. The van der Waals surface area contributed by atoms with E-state index in [4.69, 9.17) is 0 Å². The number of rotatable bonds is 5. The number of halogens is 1. The smallest absolute Gasteiger partial charge is 0.151 e. The van der Waals surface area contributed by atoms with Crippen LogP contribution in [0.5, 0.6) is 0 Å². The second-order valence-electron chi connectivity index (χ2n) is 8.11. The lowest BCUT2D eigenvalue weighted by Crippen LogP contribution is -2.58. The Morgan fingerprint density at radius 3 is 2.59 bits per heavy atom. The average molecular weight is 392 g/mol. The number of aromatic nitrogens is 4. The maximum absolute atomic E-state index is 13.1. The molecule has 0 amide bonds. The highest BCUT2D eigenvalue weighted by atomic mass is 19.1. The monoisotopic (exact) mass is 392 g/mol. The van der Waals surface area contributed by atoms with Gasteiger partial charge in [-0.3, -0.25) is 9.58 Å². The summed E-state index contributed by atoms with van der Waals surface area (Å²) in [6, 6.07) is 10.8. The van der Waals surface area contributed by atoms with Gasteiger partial charge in [0, 0.05) is 38.3 Å². The summed E-state index contributed by atoms with van der Waals surface area (Å²) in [5.41, 5.74) is 5.76. The van der Waals surface area contributed by atoms with Crippen LogP contribution in [0.15, 0.2) is 36.4 Å². The summed E-state index contributed by atoms with van der Waals surface area (Å²) in [6.45, 7) is 2.83. The number of nitrogens with zero attached hydrogens (tertiary/aromatic N) is 6. The van der Waals surface area contributed by atoms with Crippen molar-refractivity contribution in [2.45, 2.75) is 31.8 Å². The minimum absolute atomic E-state index is 0.245. The summed E-state index contributed by atoms with van der Waals surface area (Å²) in [4.78, 5) is 4.67. The zero-order valence-electron chi connectivity index (χ0n) is 16.8. The Bertz CT molecular complexity index is 1010. The summed E-state index contributed by atoms with van der Waals surface area (Å²) in [5.74, 6) is 0.645. The molecular formula is C22H25FN6. The lowest BCUT2D eigenvalue weighted by atomic mass is 10.1. The van der Waals surface area contributed by atoms with Crippen LogP contribution >= 0.6 is 0 Å². The fourth-order valence-corrected chi connectivity index (χ4v) is 4.34. The number of anilines is 1. The predicted octanol–water partition coefficient (Wildman–Crippen LogP) is 2.83. The van der Waals surface area contributed by atoms with E-state index in [-0.39, 0.29) is 5.82 Å². The average Bonchev–Trinajstić information content (AvgIpc) is 3.24. The second kappa shape index (κ2) is 7.22. The zero-order chi connectivity index (χ0) is 20.0. The van der Waals surface area contributed by atoms with Crippen molar-refractivity contribution in [2.24, 2.45) is 7.05 Å². The van der Waals surface area contributed by atoms with Crippen molar-refractivity contribution in [1.29, 1.82) is 0 Å². The molecule has 29 heavy (non-hydrogen) atoms. The van der Waals surface area contributed by atoms with Crippen LogP contribution in [0.2, 0.25) is 0 Å². The first kappa shape index (κ1) is 18.2. The number of fused-ring (bicyclic) bond motifs is 1. The molecule has 1 saturated heterocycles. The lowest BCUT2D eigenvalue weighted by molar-refractivity contribution is 0.192. The molecule has 3 aromatic rings. The summed E-state index contributed by atoms with van der Waals surface area (Å²) >= 11 is 0. The molecule has 150 valence electrons. The third-order valence-electron chi connectivity index (χ3n) is 6.20. The van der Waals surface area contributed by atoms with E-state index in [9.17, 15) is 4.39 Å². The van der Waals surface area contributed by atoms with Gasteiger partial charge in [-0.2, -0.15) is 5.10 Å². The predicted molar refractivity (Wildman–Crippen MR) is 110 cm³/mol. The van der Waals surface area contributed by atoms with Crippen LogP contribution in [0.4, 0.5) is 10.2 Å². The SMILES string of the molecule is CN(Cc1c2c(nn1C)CCC2)C1CN(c2ccc(-c3ccc(F)cc3)nn2)C1. The van der Waals surface area contributed by atoms with Crippen molar-refractivity contribution in [3.05, 3.63) is 59.2 Å². The molecule has 1 aliphatic heterocycles. The molecule has 0 N–H and O–H groups in total. The molecule has 1 aromatic carbocycles. The van der Waals surface area contributed by atoms with E-state index in [1.54, 1.807) is 12.1 Å². The van der Waals surface area contributed by atoms with Crippen molar-refractivity contribution < 1.29 is 4.39 Å². The molecule has 1 aliphatic carbocycles. The van der Waals surface area contributed by atoms with Gasteiger partial charge in [-0.1, -0.05) is 0 Å². The molecule has 2 aliphatic rings. The maximum atomic E-state index is 13.1. The summed E-state index contributed by atoms with van der Waals surface area (Å²) in [7, 11) is 4.26. The Morgan fingerprint density at radius 2 is 1.86 bits per heavy atom. The molecule has 3 heterocycles. The second-order valence-corrected chi connectivity index (χ2v) is 8.11. The van der Waals surface area contributed by atoms with Gasteiger partial charge in [0.2, 0.25) is 0 Å². The van der Waals surface area contributed by atoms with Crippen molar-refractivity contribution in [1.82, 2.24) is 24.9 Å². The van der Waals surface area contributed by atoms with Crippen LogP contribution in [0.1, 0.15) is 23.4 Å². The topological polar surface area (TPSA) is 50.1 Å². The van der Waals surface area contributed by atoms with Crippen molar-refractivity contribution in [3.8, 4) is 11.3 Å². The molecule has 2 aromatic heterocycles. The van der Waals surface area contributed by atoms with Gasteiger partial charge in [0.25, 0.3) is 0 Å². The molecule has 0 saturated carbocycles. The maximum Gasteiger partial charge on any atom is 0.151 e. The standard InChI is InChI=1S/C22H25FN6/c1-27(14-21-18-4-3-5-20(18)26-28(21)2)17-12-29(13-17)22-11-10-19(24-25-22)15-6-8-16(23)9-7-15/h6-11,17H,3-5,12-14H2,1-2H3. The van der Waals surface area contributed by atoms with Gasteiger partial charge in [0.05, 0.1) is 17.1 Å². The minimum Gasteiger partial charge on any atom is -0.352 e. The van der Waals surface area contributed by atoms with E-state index < -0.39 is 0 Å². The van der Waals surface area contributed by atoms with Crippen LogP contribution < -0.4 is 4.90 Å². The highest BCUT2D eigenvalue weighted by molar-refractivity contribution is 5.59. The van der Waals surface area contributed by atoms with Crippen LogP contribution in [0, 0.1) is 5.82 Å². The third-order valence-corrected chi connectivity index (χ3v) is 6.20.